The number of nitrogens with two attached hydrogens (primary N) is 1. The summed E-state index contributed by atoms with van der Waals surface area (Å²) in [5.41, 5.74) is 7.67. The van der Waals surface area contributed by atoms with E-state index in [0.29, 0.717) is 5.69 Å². The molecule has 2 aromatic rings. The number of nitrogen functional groups attached to an aromatic ring is 1. The van der Waals surface area contributed by atoms with E-state index in [9.17, 15) is 0 Å². The van der Waals surface area contributed by atoms with Gasteiger partial charge in [0.15, 0.2) is 0 Å². The number of halogens is 1. The third-order valence-corrected chi connectivity index (χ3v) is 3.26. The quantitative estimate of drug-likeness (QED) is 0.802. The molecule has 2 rings (SSSR count). The lowest BCUT2D eigenvalue weighted by atomic mass is 10.0. The molecule has 15 heavy (non-hydrogen) atoms. The van der Waals surface area contributed by atoms with E-state index in [-0.39, 0.29) is 0 Å². The normalized spacial score (nSPS) is 10.6. The van der Waals surface area contributed by atoms with Crippen LogP contribution in [0.25, 0.3) is 10.8 Å². The first-order valence-corrected chi connectivity index (χ1v) is 5.45. The van der Waals surface area contributed by atoms with E-state index in [1.165, 1.54) is 0 Å². The van der Waals surface area contributed by atoms with Crippen molar-refractivity contribution in [3.63, 3.8) is 0 Å². The molecule has 0 aliphatic heterocycles. The number of benzene rings is 2. The lowest BCUT2D eigenvalue weighted by Crippen LogP contribution is -1.96. The molecule has 0 heterocycles. The molecule has 0 saturated carbocycles. The fourth-order valence-corrected chi connectivity index (χ4v) is 2.32. The third-order valence-electron chi connectivity index (χ3n) is 2.56. The molecule has 0 aliphatic carbocycles. The van der Waals surface area contributed by atoms with E-state index >= 15 is 0 Å². The highest BCUT2D eigenvalue weighted by atomic mass is 79.9. The van der Waals surface area contributed by atoms with Crippen molar-refractivity contribution in [1.82, 2.24) is 0 Å². The summed E-state index contributed by atoms with van der Waals surface area (Å²) in [6.45, 7) is 2.02. The van der Waals surface area contributed by atoms with Gasteiger partial charge in [-0.15, -0.1) is 0 Å². The summed E-state index contributed by atoms with van der Waals surface area (Å²) in [7, 11) is 1.64. The number of anilines is 1. The van der Waals surface area contributed by atoms with Crippen molar-refractivity contribution in [2.45, 2.75) is 6.92 Å². The molecule has 0 unspecified atom stereocenters. The third kappa shape index (κ3) is 1.57. The standard InChI is InChI=1S/C12H12BrNO/c1-7-8-4-3-5-10(13)9(8)6-11(14)12(7)15-2/h3-6H,14H2,1-2H3. The van der Waals surface area contributed by atoms with Crippen molar-refractivity contribution >= 4 is 32.4 Å². The molecule has 3 heteroatoms. The molecule has 0 atom stereocenters. The lowest BCUT2D eigenvalue weighted by molar-refractivity contribution is 0.414. The van der Waals surface area contributed by atoms with Crippen LogP contribution in [0, 0.1) is 6.92 Å². The first kappa shape index (κ1) is 10.3. The highest BCUT2D eigenvalue weighted by Gasteiger charge is 2.09. The average Bonchev–Trinajstić information content (AvgIpc) is 2.20. The van der Waals surface area contributed by atoms with E-state index in [1.807, 2.05) is 25.1 Å². The van der Waals surface area contributed by atoms with Crippen molar-refractivity contribution in [3.05, 3.63) is 34.3 Å². The van der Waals surface area contributed by atoms with E-state index in [1.54, 1.807) is 7.11 Å². The van der Waals surface area contributed by atoms with Crippen molar-refractivity contribution in [3.8, 4) is 5.75 Å². The largest absolute Gasteiger partial charge is 0.494 e. The molecule has 0 aromatic heterocycles. The Morgan fingerprint density at radius 1 is 1.27 bits per heavy atom. The summed E-state index contributed by atoms with van der Waals surface area (Å²) in [6.07, 6.45) is 0. The Bertz CT molecular complexity index is 523. The van der Waals surface area contributed by atoms with Crippen LogP contribution < -0.4 is 10.5 Å². The fraction of sp³-hybridized carbons (Fsp3) is 0.167. The number of hydrogen-bond donors (Lipinski definition) is 1. The number of hydrogen-bond acceptors (Lipinski definition) is 2. The van der Waals surface area contributed by atoms with Gasteiger partial charge in [0, 0.05) is 10.0 Å². The number of ether oxygens (including phenoxy) is 1. The van der Waals surface area contributed by atoms with Gasteiger partial charge >= 0.3 is 0 Å². The molecule has 78 valence electrons. The first-order chi connectivity index (χ1) is 7.15. The molecule has 0 bridgehead atoms. The number of rotatable bonds is 1. The molecule has 0 fully saturated rings. The summed E-state index contributed by atoms with van der Waals surface area (Å²) in [4.78, 5) is 0. The second-order valence-corrected chi connectivity index (χ2v) is 4.31. The van der Waals surface area contributed by atoms with Crippen LogP contribution in [0.4, 0.5) is 5.69 Å². The summed E-state index contributed by atoms with van der Waals surface area (Å²) < 4.78 is 6.34. The highest BCUT2D eigenvalue weighted by Crippen LogP contribution is 2.36. The van der Waals surface area contributed by atoms with Gasteiger partial charge in [0.05, 0.1) is 12.8 Å². The maximum Gasteiger partial charge on any atom is 0.145 e. The molecule has 0 radical (unpaired) electrons. The van der Waals surface area contributed by atoms with Crippen molar-refractivity contribution in [2.24, 2.45) is 0 Å². The average molecular weight is 266 g/mol. The van der Waals surface area contributed by atoms with Crippen LogP contribution in [0.1, 0.15) is 5.56 Å². The minimum Gasteiger partial charge on any atom is -0.494 e. The number of aryl methyl sites for hydroxylation is 1. The van der Waals surface area contributed by atoms with Gasteiger partial charge in [-0.2, -0.15) is 0 Å². The highest BCUT2D eigenvalue weighted by molar-refractivity contribution is 9.10. The smallest absolute Gasteiger partial charge is 0.145 e. The van der Waals surface area contributed by atoms with Crippen molar-refractivity contribution < 1.29 is 4.74 Å². The van der Waals surface area contributed by atoms with Gasteiger partial charge in [-0.1, -0.05) is 28.1 Å². The molecule has 2 N–H and O–H groups in total. The monoisotopic (exact) mass is 265 g/mol. The Kier molecular flexibility index (Phi) is 2.57. The van der Waals surface area contributed by atoms with Gasteiger partial charge in [-0.05, 0) is 29.8 Å². The molecule has 2 nitrogen and oxygen atoms in total. The van der Waals surface area contributed by atoms with Crippen LogP contribution in [0.5, 0.6) is 5.75 Å². The predicted octanol–water partition coefficient (Wildman–Crippen LogP) is 3.50. The predicted molar refractivity (Wildman–Crippen MR) is 67.3 cm³/mol. The number of methoxy groups -OCH3 is 1. The Hall–Kier alpha value is -1.22. The summed E-state index contributed by atoms with van der Waals surface area (Å²) >= 11 is 3.52. The Balaban J connectivity index is 2.91. The van der Waals surface area contributed by atoms with Gasteiger partial charge in [0.2, 0.25) is 0 Å². The minimum absolute atomic E-state index is 0.675. The van der Waals surface area contributed by atoms with Crippen molar-refractivity contribution in [2.75, 3.05) is 12.8 Å². The van der Waals surface area contributed by atoms with Crippen LogP contribution in [0.15, 0.2) is 28.7 Å². The Labute approximate surface area is 97.2 Å². The van der Waals surface area contributed by atoms with Crippen LogP contribution >= 0.6 is 15.9 Å². The van der Waals surface area contributed by atoms with Crippen molar-refractivity contribution in [1.29, 1.82) is 0 Å². The molecule has 0 amide bonds. The second-order valence-electron chi connectivity index (χ2n) is 3.46. The van der Waals surface area contributed by atoms with Crippen LogP contribution in [0.2, 0.25) is 0 Å². The SMILES string of the molecule is COc1c(N)cc2c(Br)cccc2c1C. The number of fused-ring (bicyclic) bond motifs is 1. The van der Waals surface area contributed by atoms with Gasteiger partial charge in [0.1, 0.15) is 5.75 Å². The first-order valence-electron chi connectivity index (χ1n) is 4.66. The second kappa shape index (κ2) is 3.74. The zero-order valence-corrected chi connectivity index (χ0v) is 10.3. The Morgan fingerprint density at radius 3 is 2.67 bits per heavy atom. The molecule has 0 aliphatic rings. The maximum absolute atomic E-state index is 5.92. The molecular formula is C12H12BrNO. The molecular weight excluding hydrogens is 254 g/mol. The minimum atomic E-state index is 0.675. The molecule has 0 saturated heterocycles. The summed E-state index contributed by atoms with van der Waals surface area (Å²) in [6, 6.07) is 8.02. The van der Waals surface area contributed by atoms with Crippen LogP contribution in [-0.2, 0) is 0 Å². The van der Waals surface area contributed by atoms with E-state index in [0.717, 1.165) is 26.6 Å². The van der Waals surface area contributed by atoms with E-state index < -0.39 is 0 Å². The summed E-state index contributed by atoms with van der Waals surface area (Å²) in [5.74, 6) is 0.764. The zero-order chi connectivity index (χ0) is 11.0. The van der Waals surface area contributed by atoms with Gasteiger partial charge in [0.25, 0.3) is 0 Å². The maximum atomic E-state index is 5.92. The van der Waals surface area contributed by atoms with Gasteiger partial charge < -0.3 is 10.5 Å². The molecule has 2 aromatic carbocycles. The Morgan fingerprint density at radius 2 is 2.00 bits per heavy atom. The van der Waals surface area contributed by atoms with Crippen LogP contribution in [-0.4, -0.2) is 7.11 Å². The van der Waals surface area contributed by atoms with E-state index in [2.05, 4.69) is 22.0 Å². The van der Waals surface area contributed by atoms with Crippen LogP contribution in [0.3, 0.4) is 0 Å². The molecule has 0 spiro atoms. The fourth-order valence-electron chi connectivity index (χ4n) is 1.84. The summed E-state index contributed by atoms with van der Waals surface area (Å²) in [5, 5.41) is 2.28. The topological polar surface area (TPSA) is 35.2 Å². The van der Waals surface area contributed by atoms with E-state index in [4.69, 9.17) is 10.5 Å². The zero-order valence-electron chi connectivity index (χ0n) is 8.67. The van der Waals surface area contributed by atoms with Gasteiger partial charge in [-0.25, -0.2) is 0 Å². The van der Waals surface area contributed by atoms with Gasteiger partial charge in [-0.3, -0.25) is 0 Å². The lowest BCUT2D eigenvalue weighted by Gasteiger charge is -2.12.